The second-order valence-electron chi connectivity index (χ2n) is 6.32. The zero-order valence-corrected chi connectivity index (χ0v) is 25.4. The summed E-state index contributed by atoms with van der Waals surface area (Å²) in [6, 6.07) is 23.6. The first-order chi connectivity index (χ1) is 13.8. The van der Waals surface area contributed by atoms with Gasteiger partial charge in [-0.2, -0.15) is 7.94 Å². The minimum absolute atomic E-state index is 0. The van der Waals surface area contributed by atoms with Gasteiger partial charge in [-0.15, -0.1) is 0 Å². The van der Waals surface area contributed by atoms with E-state index in [9.17, 15) is 14.7 Å². The number of hydrogen-bond acceptors (Lipinski definition) is 5. The third-order valence-electron chi connectivity index (χ3n) is 4.11. The molecule has 0 heterocycles. The Bertz CT molecular complexity index is 879. The van der Waals surface area contributed by atoms with E-state index in [0.29, 0.717) is 5.75 Å². The summed E-state index contributed by atoms with van der Waals surface area (Å²) in [6.07, 6.45) is -0.220. The minimum Gasteiger partial charge on any atom is -0.688 e. The Balaban J connectivity index is 0.00000240. The van der Waals surface area contributed by atoms with Crippen molar-refractivity contribution in [3.05, 3.63) is 81.7 Å². The van der Waals surface area contributed by atoms with Crippen LogP contribution in [-0.2, 0) is 0 Å². The monoisotopic (exact) mass is 583 g/mol. The van der Waals surface area contributed by atoms with Crippen LogP contribution in [0, 0.1) is 0 Å². The van der Waals surface area contributed by atoms with Crippen LogP contribution in [0.1, 0.15) is 6.42 Å². The number of anilines is 3. The zero-order valence-electron chi connectivity index (χ0n) is 17.3. The van der Waals surface area contributed by atoms with Gasteiger partial charge in [0.05, 0.1) is 6.61 Å². The van der Waals surface area contributed by atoms with Crippen molar-refractivity contribution in [2.45, 2.75) is 6.42 Å². The second kappa shape index (κ2) is 14.1. The molecule has 10 heteroatoms. The van der Waals surface area contributed by atoms with E-state index in [2.05, 4.69) is 36.8 Å². The number of rotatable bonds is 8. The minimum atomic E-state index is -4.48. The summed E-state index contributed by atoms with van der Waals surface area (Å²) < 4.78 is 7.55. The molecular formula is C21H18Br2NNa2O4P. The van der Waals surface area contributed by atoms with E-state index >= 15 is 0 Å². The van der Waals surface area contributed by atoms with Crippen LogP contribution < -0.4 is 83.4 Å². The third kappa shape index (κ3) is 9.73. The summed E-state index contributed by atoms with van der Waals surface area (Å²) in [5.74, 6) is 0.618. The largest absolute Gasteiger partial charge is 1.00 e. The van der Waals surface area contributed by atoms with Crippen molar-refractivity contribution in [1.29, 1.82) is 0 Å². The molecular weight excluding hydrogens is 567 g/mol. The van der Waals surface area contributed by atoms with Gasteiger partial charge in [0.1, 0.15) is 5.75 Å². The first kappa shape index (κ1) is 29.6. The van der Waals surface area contributed by atoms with E-state index in [0.717, 1.165) is 26.0 Å². The summed E-state index contributed by atoms with van der Waals surface area (Å²) in [4.78, 5) is 34.2. The van der Waals surface area contributed by atoms with Gasteiger partial charge in [-0.05, 0) is 72.8 Å². The predicted octanol–water partition coefficient (Wildman–Crippen LogP) is -1.70. The maximum Gasteiger partial charge on any atom is 1.00 e. The molecule has 0 radical (unpaired) electrons. The Labute approximate surface area is 244 Å². The molecule has 0 aliphatic heterocycles. The summed E-state index contributed by atoms with van der Waals surface area (Å²) in [5.41, 5.74) is 2.96. The zero-order chi connectivity index (χ0) is 20.9. The van der Waals surface area contributed by atoms with E-state index in [4.69, 9.17) is 4.74 Å². The summed E-state index contributed by atoms with van der Waals surface area (Å²) in [6.45, 7) is 0.178. The first-order valence-electron chi connectivity index (χ1n) is 8.87. The van der Waals surface area contributed by atoms with Crippen molar-refractivity contribution in [1.82, 2.24) is 0 Å². The molecule has 152 valence electrons. The molecule has 5 nitrogen and oxygen atoms in total. The van der Waals surface area contributed by atoms with Crippen LogP contribution in [0.5, 0.6) is 5.75 Å². The van der Waals surface area contributed by atoms with E-state index in [1.165, 1.54) is 0 Å². The number of hydrogen-bond donors (Lipinski definition) is 0. The van der Waals surface area contributed by atoms with Crippen molar-refractivity contribution in [2.75, 3.05) is 17.7 Å². The van der Waals surface area contributed by atoms with Crippen molar-refractivity contribution >= 4 is 56.9 Å². The fraction of sp³-hybridized carbons (Fsp3) is 0.143. The van der Waals surface area contributed by atoms with E-state index in [1.54, 1.807) is 0 Å². The summed E-state index contributed by atoms with van der Waals surface area (Å²) in [5, 5.41) is 0. The predicted molar refractivity (Wildman–Crippen MR) is 118 cm³/mol. The Kier molecular flexibility index (Phi) is 13.4. The Morgan fingerprint density at radius 1 is 0.677 bits per heavy atom. The van der Waals surface area contributed by atoms with Crippen LogP contribution in [0.4, 0.5) is 17.1 Å². The van der Waals surface area contributed by atoms with Gasteiger partial charge in [-0.1, -0.05) is 31.9 Å². The average molecular weight is 585 g/mol. The molecule has 0 aromatic heterocycles. The number of halogens is 2. The van der Waals surface area contributed by atoms with E-state index in [1.807, 2.05) is 72.8 Å². The van der Waals surface area contributed by atoms with Gasteiger partial charge in [0.2, 0.25) is 0 Å². The molecule has 3 aromatic carbocycles. The Morgan fingerprint density at radius 2 is 1.06 bits per heavy atom. The van der Waals surface area contributed by atoms with E-state index in [-0.39, 0.29) is 72.1 Å². The maximum absolute atomic E-state index is 10.7. The molecule has 0 unspecified atom stereocenters. The van der Waals surface area contributed by atoms with Gasteiger partial charge in [0, 0.05) is 38.6 Å². The molecule has 31 heavy (non-hydrogen) atoms. The van der Waals surface area contributed by atoms with Crippen LogP contribution in [0.3, 0.4) is 0 Å². The van der Waals surface area contributed by atoms with Crippen molar-refractivity contribution in [3.63, 3.8) is 0 Å². The normalized spacial score (nSPS) is 10.6. The molecule has 0 aliphatic carbocycles. The van der Waals surface area contributed by atoms with Crippen LogP contribution in [0.2, 0.25) is 0 Å². The van der Waals surface area contributed by atoms with Gasteiger partial charge in [-0.3, -0.25) is 0 Å². The molecule has 0 spiro atoms. The van der Waals surface area contributed by atoms with Crippen molar-refractivity contribution in [2.24, 2.45) is 0 Å². The summed E-state index contributed by atoms with van der Waals surface area (Å²) >= 11 is 6.94. The average Bonchev–Trinajstić information content (AvgIpc) is 2.69. The molecule has 3 rings (SSSR count). The molecule has 0 atom stereocenters. The number of ether oxygens (including phenoxy) is 1. The molecule has 0 bridgehead atoms. The van der Waals surface area contributed by atoms with Crippen LogP contribution in [0.15, 0.2) is 81.7 Å². The SMILES string of the molecule is [Na+].[Na+].[O-][P+]([O-])([O-])CCCOc1ccc(N(c2ccc(Br)cc2)c2ccc(Br)cc2)cc1. The maximum atomic E-state index is 10.7. The molecule has 3 aromatic rings. The van der Waals surface area contributed by atoms with Crippen molar-refractivity contribution in [3.8, 4) is 5.75 Å². The van der Waals surface area contributed by atoms with Gasteiger partial charge in [0.15, 0.2) is 0 Å². The Morgan fingerprint density at radius 3 is 1.45 bits per heavy atom. The van der Waals surface area contributed by atoms with Gasteiger partial charge in [0.25, 0.3) is 0 Å². The standard InChI is InChI=1S/C21H20Br2NO4P.2Na/c22-16-2-6-18(7-3-16)24(19-8-4-17(23)5-9-19)20-10-12-21(13-11-20)28-14-1-15-29(25,26)27;;/h2-13H,1,14-15H2,(H2,25,26,27);;/q;2*+1/p-2. The fourth-order valence-electron chi connectivity index (χ4n) is 2.77. The topological polar surface area (TPSA) is 81.6 Å². The van der Waals surface area contributed by atoms with E-state index < -0.39 is 14.1 Å². The molecule has 0 aliphatic rings. The summed E-state index contributed by atoms with van der Waals surface area (Å²) in [7, 11) is -4.48. The van der Waals surface area contributed by atoms with Gasteiger partial charge in [-0.25, -0.2) is 0 Å². The smallest absolute Gasteiger partial charge is 0.688 e. The fourth-order valence-corrected chi connectivity index (χ4v) is 3.81. The van der Waals surface area contributed by atoms with Crippen LogP contribution >= 0.6 is 39.8 Å². The molecule has 0 fully saturated rings. The molecule has 0 saturated carbocycles. The quantitative estimate of drug-likeness (QED) is 0.179. The Hall–Kier alpha value is 0.530. The second-order valence-corrected chi connectivity index (χ2v) is 9.82. The molecule has 0 saturated heterocycles. The first-order valence-corrected chi connectivity index (χ1v) is 12.2. The van der Waals surface area contributed by atoms with Gasteiger partial charge >= 0.3 is 59.1 Å². The van der Waals surface area contributed by atoms with Crippen molar-refractivity contribution < 1.29 is 78.5 Å². The third-order valence-corrected chi connectivity index (χ3v) is 6.03. The number of nitrogens with zero attached hydrogens (tertiary/aromatic N) is 1. The van der Waals surface area contributed by atoms with Gasteiger partial charge < -0.3 is 24.3 Å². The number of benzene rings is 3. The molecule has 0 N–H and O–H groups in total. The van der Waals surface area contributed by atoms with Crippen LogP contribution in [-0.4, -0.2) is 12.8 Å². The molecule has 0 amide bonds. The van der Waals surface area contributed by atoms with Crippen LogP contribution in [0.25, 0.3) is 0 Å².